The highest BCUT2D eigenvalue weighted by Crippen LogP contribution is 2.44. The lowest BCUT2D eigenvalue weighted by Crippen LogP contribution is -2.40. The lowest BCUT2D eigenvalue weighted by atomic mass is 9.79. The Bertz CT molecular complexity index is 754. The highest BCUT2D eigenvalue weighted by atomic mass is 19.3. The van der Waals surface area contributed by atoms with E-state index in [9.17, 15) is 13.6 Å². The van der Waals surface area contributed by atoms with E-state index in [-0.39, 0.29) is 43.7 Å². The standard InChI is InChI=1S/C17H22F2N4O2/c1-25-9-14(23-16(24)4-10-6-17(18,19)7-10)11-2-3-12-13(5-11)22-15(8-20)21-12/h2-3,5,10,14H,4,6-9,20H2,1H3,(H,21,22)(H,23,24). The minimum Gasteiger partial charge on any atom is -0.382 e. The highest BCUT2D eigenvalue weighted by molar-refractivity contribution is 5.78. The van der Waals surface area contributed by atoms with Crippen molar-refractivity contribution in [2.24, 2.45) is 11.7 Å². The van der Waals surface area contributed by atoms with Crippen LogP contribution in [0, 0.1) is 5.92 Å². The summed E-state index contributed by atoms with van der Waals surface area (Å²) < 4.78 is 31.0. The second kappa shape index (κ2) is 7.05. The summed E-state index contributed by atoms with van der Waals surface area (Å²) >= 11 is 0. The number of nitrogens with zero attached hydrogens (tertiary/aromatic N) is 1. The topological polar surface area (TPSA) is 93.0 Å². The van der Waals surface area contributed by atoms with E-state index in [0.717, 1.165) is 16.6 Å². The third-order valence-electron chi connectivity index (χ3n) is 4.47. The summed E-state index contributed by atoms with van der Waals surface area (Å²) in [6.07, 6.45) is -0.311. The van der Waals surface area contributed by atoms with E-state index in [1.165, 1.54) is 0 Å². The zero-order valence-electron chi connectivity index (χ0n) is 14.0. The van der Waals surface area contributed by atoms with Gasteiger partial charge in [-0.2, -0.15) is 0 Å². The van der Waals surface area contributed by atoms with Crippen LogP contribution in [-0.4, -0.2) is 35.5 Å². The molecule has 1 aliphatic carbocycles. The number of halogens is 2. The maximum atomic E-state index is 12.9. The molecule has 1 amide bonds. The largest absolute Gasteiger partial charge is 0.382 e. The summed E-state index contributed by atoms with van der Waals surface area (Å²) in [5.74, 6) is -2.41. The number of aromatic nitrogens is 2. The normalized spacial score (nSPS) is 18.1. The van der Waals surface area contributed by atoms with Crippen molar-refractivity contribution in [3.05, 3.63) is 29.6 Å². The number of hydrogen-bond donors (Lipinski definition) is 3. The first-order valence-corrected chi connectivity index (χ1v) is 8.25. The number of alkyl halides is 2. The van der Waals surface area contributed by atoms with Crippen molar-refractivity contribution < 1.29 is 18.3 Å². The predicted octanol–water partition coefficient (Wildman–Crippen LogP) is 2.26. The van der Waals surface area contributed by atoms with Crippen molar-refractivity contribution in [3.8, 4) is 0 Å². The fourth-order valence-corrected chi connectivity index (χ4v) is 3.23. The first-order valence-electron chi connectivity index (χ1n) is 8.25. The Morgan fingerprint density at radius 2 is 2.28 bits per heavy atom. The van der Waals surface area contributed by atoms with Gasteiger partial charge in [0.15, 0.2) is 0 Å². The van der Waals surface area contributed by atoms with Crippen molar-refractivity contribution in [1.29, 1.82) is 0 Å². The molecule has 1 atom stereocenters. The van der Waals surface area contributed by atoms with Crippen LogP contribution in [0.25, 0.3) is 11.0 Å². The Morgan fingerprint density at radius 1 is 1.52 bits per heavy atom. The van der Waals surface area contributed by atoms with Crippen LogP contribution >= 0.6 is 0 Å². The molecule has 0 saturated heterocycles. The number of hydrogen-bond acceptors (Lipinski definition) is 4. The van der Waals surface area contributed by atoms with Gasteiger partial charge in [0.1, 0.15) is 5.82 Å². The van der Waals surface area contributed by atoms with Crippen LogP contribution in [-0.2, 0) is 16.1 Å². The van der Waals surface area contributed by atoms with Crippen LogP contribution in [0.2, 0.25) is 0 Å². The van der Waals surface area contributed by atoms with Crippen molar-refractivity contribution in [3.63, 3.8) is 0 Å². The van der Waals surface area contributed by atoms with Crippen LogP contribution in [0.3, 0.4) is 0 Å². The molecule has 8 heteroatoms. The molecule has 25 heavy (non-hydrogen) atoms. The third kappa shape index (κ3) is 4.13. The molecule has 3 rings (SSSR count). The summed E-state index contributed by atoms with van der Waals surface area (Å²) in [6.45, 7) is 0.601. The number of H-pyrrole nitrogens is 1. The van der Waals surface area contributed by atoms with Crippen LogP contribution in [0.4, 0.5) is 8.78 Å². The van der Waals surface area contributed by atoms with Crippen molar-refractivity contribution in [2.75, 3.05) is 13.7 Å². The number of ether oxygens (including phenoxy) is 1. The number of fused-ring (bicyclic) bond motifs is 1. The Balaban J connectivity index is 1.68. The molecule has 6 nitrogen and oxygen atoms in total. The molecule has 0 aliphatic heterocycles. The SMILES string of the molecule is COCC(NC(=O)CC1CC(F)(F)C1)c1ccc2nc(CN)[nH]c2c1. The van der Waals surface area contributed by atoms with Gasteiger partial charge in [0.05, 0.1) is 30.2 Å². The first kappa shape index (κ1) is 17.8. The number of nitrogens with one attached hydrogen (secondary N) is 2. The molecule has 4 N–H and O–H groups in total. The Labute approximate surface area is 144 Å². The molecule has 1 fully saturated rings. The van der Waals surface area contributed by atoms with Gasteiger partial charge in [-0.05, 0) is 23.6 Å². The molecule has 0 bridgehead atoms. The van der Waals surface area contributed by atoms with Crippen LogP contribution < -0.4 is 11.1 Å². The zero-order chi connectivity index (χ0) is 18.0. The fourth-order valence-electron chi connectivity index (χ4n) is 3.23. The van der Waals surface area contributed by atoms with E-state index in [1.807, 2.05) is 18.2 Å². The lowest BCUT2D eigenvalue weighted by molar-refractivity contribution is -0.134. The second-order valence-electron chi connectivity index (χ2n) is 6.57. The van der Waals surface area contributed by atoms with Gasteiger partial charge in [-0.3, -0.25) is 4.79 Å². The average molecular weight is 352 g/mol. The second-order valence-corrected chi connectivity index (χ2v) is 6.57. The summed E-state index contributed by atoms with van der Waals surface area (Å²) in [5, 5.41) is 2.88. The summed E-state index contributed by atoms with van der Waals surface area (Å²) in [6, 6.07) is 5.25. The molecule has 1 aromatic heterocycles. The molecule has 1 heterocycles. The van der Waals surface area contributed by atoms with Crippen molar-refractivity contribution >= 4 is 16.9 Å². The number of methoxy groups -OCH3 is 1. The minimum absolute atomic E-state index is 0.111. The number of imidazole rings is 1. The molecular formula is C17H22F2N4O2. The van der Waals surface area contributed by atoms with Crippen LogP contribution in [0.5, 0.6) is 0 Å². The maximum absolute atomic E-state index is 12.9. The minimum atomic E-state index is -2.61. The van der Waals surface area contributed by atoms with Crippen LogP contribution in [0.1, 0.15) is 36.7 Å². The molecule has 1 aliphatic rings. The third-order valence-corrected chi connectivity index (χ3v) is 4.47. The molecule has 0 spiro atoms. The number of carbonyl (C=O) groups excluding carboxylic acids is 1. The predicted molar refractivity (Wildman–Crippen MR) is 89.0 cm³/mol. The molecule has 2 aromatic rings. The quantitative estimate of drug-likeness (QED) is 0.713. The van der Waals surface area contributed by atoms with Crippen molar-refractivity contribution in [1.82, 2.24) is 15.3 Å². The van der Waals surface area contributed by atoms with Gasteiger partial charge in [-0.15, -0.1) is 0 Å². The maximum Gasteiger partial charge on any atom is 0.248 e. The van der Waals surface area contributed by atoms with E-state index < -0.39 is 5.92 Å². The van der Waals surface area contributed by atoms with E-state index in [2.05, 4.69) is 15.3 Å². The first-order chi connectivity index (χ1) is 11.9. The molecular weight excluding hydrogens is 330 g/mol. The van der Waals surface area contributed by atoms with Gasteiger partial charge in [0.25, 0.3) is 0 Å². The van der Waals surface area contributed by atoms with Gasteiger partial charge in [0.2, 0.25) is 11.8 Å². The number of nitrogens with two attached hydrogens (primary N) is 1. The van der Waals surface area contributed by atoms with Gasteiger partial charge >= 0.3 is 0 Å². The van der Waals surface area contributed by atoms with E-state index in [1.54, 1.807) is 7.11 Å². The van der Waals surface area contributed by atoms with Crippen LogP contribution in [0.15, 0.2) is 18.2 Å². The van der Waals surface area contributed by atoms with Gasteiger partial charge in [-0.1, -0.05) is 6.07 Å². The van der Waals surface area contributed by atoms with Crippen molar-refractivity contribution in [2.45, 2.75) is 37.8 Å². The average Bonchev–Trinajstić information content (AvgIpc) is 2.94. The smallest absolute Gasteiger partial charge is 0.248 e. The number of amides is 1. The van der Waals surface area contributed by atoms with Gasteiger partial charge in [-0.25, -0.2) is 13.8 Å². The molecule has 0 radical (unpaired) electrons. The van der Waals surface area contributed by atoms with E-state index in [0.29, 0.717) is 12.4 Å². The van der Waals surface area contributed by atoms with E-state index >= 15 is 0 Å². The number of benzene rings is 1. The number of carbonyl (C=O) groups is 1. The lowest BCUT2D eigenvalue weighted by Gasteiger charge is -2.34. The number of rotatable bonds is 7. The van der Waals surface area contributed by atoms with E-state index in [4.69, 9.17) is 10.5 Å². The summed E-state index contributed by atoms with van der Waals surface area (Å²) in [4.78, 5) is 19.6. The Kier molecular flexibility index (Phi) is 5.01. The Morgan fingerprint density at radius 3 is 2.92 bits per heavy atom. The molecule has 1 aromatic carbocycles. The zero-order valence-corrected chi connectivity index (χ0v) is 14.0. The summed E-state index contributed by atoms with van der Waals surface area (Å²) in [7, 11) is 1.55. The molecule has 1 saturated carbocycles. The molecule has 1 unspecified atom stereocenters. The fraction of sp³-hybridized carbons (Fsp3) is 0.529. The van der Waals surface area contributed by atoms with Gasteiger partial charge < -0.3 is 20.8 Å². The number of aromatic amines is 1. The molecule has 136 valence electrons. The monoisotopic (exact) mass is 352 g/mol. The summed E-state index contributed by atoms with van der Waals surface area (Å²) in [5.41, 5.74) is 8.06. The van der Waals surface area contributed by atoms with Gasteiger partial charge in [0, 0.05) is 26.4 Å². The Hall–Kier alpha value is -2.06. The highest BCUT2D eigenvalue weighted by Gasteiger charge is 2.45.